The Labute approximate surface area is 110 Å². The summed E-state index contributed by atoms with van der Waals surface area (Å²) in [5, 5.41) is 3.62. The minimum atomic E-state index is 0.181. The third-order valence-corrected chi connectivity index (χ3v) is 3.85. The molecular weight excluding hydrogens is 224 g/mol. The van der Waals surface area contributed by atoms with E-state index in [0.29, 0.717) is 5.92 Å². The Morgan fingerprint density at radius 2 is 2.11 bits per heavy atom. The van der Waals surface area contributed by atoms with E-state index in [9.17, 15) is 0 Å². The number of hydrogen-bond acceptors (Lipinski definition) is 3. The molecule has 0 radical (unpaired) electrons. The maximum Gasteiger partial charge on any atom is 0.0646 e. The van der Waals surface area contributed by atoms with Crippen molar-refractivity contribution in [3.05, 3.63) is 29.8 Å². The van der Waals surface area contributed by atoms with Crippen molar-refractivity contribution in [2.24, 2.45) is 0 Å². The molecule has 1 heterocycles. The first-order valence-electron chi connectivity index (χ1n) is 6.77. The predicted molar refractivity (Wildman–Crippen MR) is 75.7 cm³/mol. The van der Waals surface area contributed by atoms with Gasteiger partial charge in [-0.1, -0.05) is 19.1 Å². The fraction of sp³-hybridized carbons (Fsp3) is 0.600. The van der Waals surface area contributed by atoms with Gasteiger partial charge in [-0.25, -0.2) is 0 Å². The van der Waals surface area contributed by atoms with E-state index >= 15 is 0 Å². The summed E-state index contributed by atoms with van der Waals surface area (Å²) >= 11 is 0. The fourth-order valence-electron chi connectivity index (χ4n) is 2.39. The number of anilines is 1. The Morgan fingerprint density at radius 1 is 1.39 bits per heavy atom. The number of nitrogens with two attached hydrogens (primary N) is 1. The topological polar surface area (TPSA) is 47.3 Å². The summed E-state index contributed by atoms with van der Waals surface area (Å²) < 4.78 is 5.44. The first-order valence-corrected chi connectivity index (χ1v) is 6.77. The molecule has 3 heteroatoms. The van der Waals surface area contributed by atoms with Crippen LogP contribution in [0.5, 0.6) is 0 Å². The van der Waals surface area contributed by atoms with Crippen molar-refractivity contribution >= 4 is 5.69 Å². The zero-order chi connectivity index (χ0) is 13.0. The molecule has 1 aromatic rings. The van der Waals surface area contributed by atoms with E-state index < -0.39 is 0 Å². The van der Waals surface area contributed by atoms with Gasteiger partial charge >= 0.3 is 0 Å². The van der Waals surface area contributed by atoms with Crippen molar-refractivity contribution in [3.63, 3.8) is 0 Å². The van der Waals surface area contributed by atoms with Crippen LogP contribution < -0.4 is 11.1 Å². The van der Waals surface area contributed by atoms with Crippen LogP contribution >= 0.6 is 0 Å². The molecule has 1 saturated heterocycles. The molecule has 2 unspecified atom stereocenters. The van der Waals surface area contributed by atoms with Crippen molar-refractivity contribution in [2.45, 2.75) is 38.1 Å². The molecule has 0 saturated carbocycles. The van der Waals surface area contributed by atoms with Gasteiger partial charge < -0.3 is 15.8 Å². The van der Waals surface area contributed by atoms with Crippen LogP contribution in [0.4, 0.5) is 5.69 Å². The smallest absolute Gasteiger partial charge is 0.0646 e. The zero-order valence-corrected chi connectivity index (χ0v) is 11.4. The summed E-state index contributed by atoms with van der Waals surface area (Å²) in [6.07, 6.45) is 2.25. The van der Waals surface area contributed by atoms with Crippen LogP contribution in [-0.2, 0) is 4.74 Å². The Hall–Kier alpha value is -1.06. The van der Waals surface area contributed by atoms with Gasteiger partial charge in [0, 0.05) is 17.8 Å². The Morgan fingerprint density at radius 3 is 2.72 bits per heavy atom. The number of nitrogen functional groups attached to an aromatic ring is 1. The summed E-state index contributed by atoms with van der Waals surface area (Å²) in [4.78, 5) is 0. The zero-order valence-electron chi connectivity index (χ0n) is 11.4. The van der Waals surface area contributed by atoms with Crippen molar-refractivity contribution in [3.8, 4) is 0 Å². The SMILES string of the molecule is CC(CCNC1(C)CCOC1)c1ccc(N)cc1. The van der Waals surface area contributed by atoms with Crippen molar-refractivity contribution in [1.29, 1.82) is 0 Å². The Bertz CT molecular complexity index is 369. The summed E-state index contributed by atoms with van der Waals surface area (Å²) in [5.74, 6) is 0.559. The van der Waals surface area contributed by atoms with Crippen molar-refractivity contribution in [1.82, 2.24) is 5.32 Å². The second-order valence-corrected chi connectivity index (χ2v) is 5.65. The summed E-state index contributed by atoms with van der Waals surface area (Å²) in [6, 6.07) is 8.21. The first kappa shape index (κ1) is 13.4. The van der Waals surface area contributed by atoms with Crippen LogP contribution in [0.25, 0.3) is 0 Å². The Kier molecular flexibility index (Phi) is 4.25. The summed E-state index contributed by atoms with van der Waals surface area (Å²) in [7, 11) is 0. The highest BCUT2D eigenvalue weighted by atomic mass is 16.5. The van der Waals surface area contributed by atoms with Gasteiger partial charge in [0.25, 0.3) is 0 Å². The number of benzene rings is 1. The molecule has 0 aliphatic carbocycles. The lowest BCUT2D eigenvalue weighted by Crippen LogP contribution is -2.43. The van der Waals surface area contributed by atoms with Gasteiger partial charge in [-0.3, -0.25) is 0 Å². The highest BCUT2D eigenvalue weighted by Gasteiger charge is 2.28. The maximum absolute atomic E-state index is 5.70. The fourth-order valence-corrected chi connectivity index (χ4v) is 2.39. The molecule has 1 fully saturated rings. The molecule has 3 N–H and O–H groups in total. The molecule has 3 nitrogen and oxygen atoms in total. The van der Waals surface area contributed by atoms with Gasteiger partial charge in [0.15, 0.2) is 0 Å². The van der Waals surface area contributed by atoms with E-state index in [4.69, 9.17) is 10.5 Å². The third-order valence-electron chi connectivity index (χ3n) is 3.85. The second kappa shape index (κ2) is 5.72. The largest absolute Gasteiger partial charge is 0.399 e. The molecule has 0 amide bonds. The van der Waals surface area contributed by atoms with Crippen LogP contribution in [0.15, 0.2) is 24.3 Å². The van der Waals surface area contributed by atoms with E-state index in [1.54, 1.807) is 0 Å². The van der Waals surface area contributed by atoms with Crippen molar-refractivity contribution in [2.75, 3.05) is 25.5 Å². The summed E-state index contributed by atoms with van der Waals surface area (Å²) in [5.41, 5.74) is 8.08. The van der Waals surface area contributed by atoms with Gasteiger partial charge in [-0.2, -0.15) is 0 Å². The van der Waals surface area contributed by atoms with E-state index in [-0.39, 0.29) is 5.54 Å². The predicted octanol–water partition coefficient (Wildman–Crippen LogP) is 2.53. The lowest BCUT2D eigenvalue weighted by Gasteiger charge is -2.24. The molecule has 0 spiro atoms. The monoisotopic (exact) mass is 248 g/mol. The number of rotatable bonds is 5. The molecule has 18 heavy (non-hydrogen) atoms. The van der Waals surface area contributed by atoms with Gasteiger partial charge in [0.2, 0.25) is 0 Å². The van der Waals surface area contributed by atoms with Crippen LogP contribution in [0.3, 0.4) is 0 Å². The number of hydrogen-bond donors (Lipinski definition) is 2. The van der Waals surface area contributed by atoms with Gasteiger partial charge in [-0.15, -0.1) is 0 Å². The molecule has 2 atom stereocenters. The molecular formula is C15H24N2O. The molecule has 2 rings (SSSR count). The highest BCUT2D eigenvalue weighted by Crippen LogP contribution is 2.21. The standard InChI is InChI=1S/C15H24N2O/c1-12(13-3-5-14(16)6-4-13)7-9-17-15(2)8-10-18-11-15/h3-6,12,17H,7-11,16H2,1-2H3. The van der Waals surface area contributed by atoms with E-state index in [2.05, 4.69) is 31.3 Å². The number of ether oxygens (including phenoxy) is 1. The molecule has 0 aromatic heterocycles. The van der Waals surface area contributed by atoms with Crippen LogP contribution in [0.1, 0.15) is 38.2 Å². The van der Waals surface area contributed by atoms with Gasteiger partial charge in [-0.05, 0) is 49.9 Å². The molecule has 0 bridgehead atoms. The quantitative estimate of drug-likeness (QED) is 0.787. The summed E-state index contributed by atoms with van der Waals surface area (Å²) in [6.45, 7) is 7.26. The van der Waals surface area contributed by atoms with Gasteiger partial charge in [0.1, 0.15) is 0 Å². The molecule has 1 aliphatic rings. The average molecular weight is 248 g/mol. The minimum Gasteiger partial charge on any atom is -0.399 e. The van der Waals surface area contributed by atoms with Crippen LogP contribution in [-0.4, -0.2) is 25.3 Å². The van der Waals surface area contributed by atoms with E-state index in [0.717, 1.165) is 38.3 Å². The molecule has 100 valence electrons. The highest BCUT2D eigenvalue weighted by molar-refractivity contribution is 5.40. The Balaban J connectivity index is 1.77. The minimum absolute atomic E-state index is 0.181. The van der Waals surface area contributed by atoms with Gasteiger partial charge in [0.05, 0.1) is 6.61 Å². The second-order valence-electron chi connectivity index (χ2n) is 5.65. The first-order chi connectivity index (χ1) is 8.59. The van der Waals surface area contributed by atoms with Crippen LogP contribution in [0.2, 0.25) is 0 Å². The van der Waals surface area contributed by atoms with Crippen molar-refractivity contribution < 1.29 is 4.74 Å². The van der Waals surface area contributed by atoms with E-state index in [1.807, 2.05) is 12.1 Å². The molecule has 1 aliphatic heterocycles. The number of nitrogens with one attached hydrogen (secondary N) is 1. The van der Waals surface area contributed by atoms with E-state index in [1.165, 1.54) is 5.56 Å². The lowest BCUT2D eigenvalue weighted by atomic mass is 9.96. The third kappa shape index (κ3) is 3.47. The molecule has 1 aromatic carbocycles. The lowest BCUT2D eigenvalue weighted by molar-refractivity contribution is 0.171. The average Bonchev–Trinajstić information content (AvgIpc) is 2.77. The normalized spacial score (nSPS) is 25.2. The maximum atomic E-state index is 5.70. The van der Waals surface area contributed by atoms with Crippen LogP contribution in [0, 0.1) is 0 Å².